The maximum Gasteiger partial charge on any atom is 0.108 e. The minimum absolute atomic E-state index is 0.681. The second-order valence-electron chi connectivity index (χ2n) is 6.67. The number of para-hydroxylation sites is 1. The van der Waals surface area contributed by atoms with Gasteiger partial charge in [-0.15, -0.1) is 11.3 Å². The second kappa shape index (κ2) is 6.89. The summed E-state index contributed by atoms with van der Waals surface area (Å²) >= 11 is 1.82. The predicted octanol–water partition coefficient (Wildman–Crippen LogP) is 4.99. The van der Waals surface area contributed by atoms with Crippen LogP contribution < -0.4 is 5.32 Å². The minimum Gasteiger partial charge on any atom is -0.308 e. The molecule has 0 saturated heterocycles. The van der Waals surface area contributed by atoms with Gasteiger partial charge in [-0.3, -0.25) is 0 Å². The van der Waals surface area contributed by atoms with E-state index in [0.717, 1.165) is 23.9 Å². The molecular formula is C18H26N2S. The zero-order valence-electron chi connectivity index (χ0n) is 13.1. The van der Waals surface area contributed by atoms with Crippen molar-refractivity contribution in [3.8, 4) is 0 Å². The molecule has 21 heavy (non-hydrogen) atoms. The highest BCUT2D eigenvalue weighted by Crippen LogP contribution is 2.29. The average molecular weight is 302 g/mol. The Labute approximate surface area is 132 Å². The third-order valence-electron chi connectivity index (χ3n) is 4.84. The SMILES string of the molecule is CC(C)C1CCCC(NCc2nc3ccccc3s2)CC1. The van der Waals surface area contributed by atoms with Crippen molar-refractivity contribution < 1.29 is 0 Å². The maximum atomic E-state index is 4.72. The summed E-state index contributed by atoms with van der Waals surface area (Å²) in [5.41, 5.74) is 1.14. The molecule has 1 aromatic heterocycles. The molecular weight excluding hydrogens is 276 g/mol. The molecule has 2 unspecified atom stereocenters. The van der Waals surface area contributed by atoms with E-state index in [2.05, 4.69) is 43.4 Å². The highest BCUT2D eigenvalue weighted by molar-refractivity contribution is 7.18. The lowest BCUT2D eigenvalue weighted by atomic mass is 9.89. The van der Waals surface area contributed by atoms with Crippen LogP contribution in [0.25, 0.3) is 10.2 Å². The fourth-order valence-corrected chi connectivity index (χ4v) is 4.35. The number of hydrogen-bond acceptors (Lipinski definition) is 3. The number of fused-ring (bicyclic) bond motifs is 1. The van der Waals surface area contributed by atoms with E-state index < -0.39 is 0 Å². The van der Waals surface area contributed by atoms with Crippen LogP contribution >= 0.6 is 11.3 Å². The van der Waals surface area contributed by atoms with Gasteiger partial charge >= 0.3 is 0 Å². The molecule has 3 rings (SSSR count). The van der Waals surface area contributed by atoms with E-state index in [1.54, 1.807) is 0 Å². The minimum atomic E-state index is 0.681. The third kappa shape index (κ3) is 3.83. The molecule has 1 N–H and O–H groups in total. The first-order valence-electron chi connectivity index (χ1n) is 8.30. The number of hydrogen-bond donors (Lipinski definition) is 1. The van der Waals surface area contributed by atoms with Gasteiger partial charge in [0.15, 0.2) is 0 Å². The summed E-state index contributed by atoms with van der Waals surface area (Å²) in [7, 11) is 0. The fraction of sp³-hybridized carbons (Fsp3) is 0.611. The lowest BCUT2D eigenvalue weighted by molar-refractivity contribution is 0.337. The fourth-order valence-electron chi connectivity index (χ4n) is 3.43. The molecule has 0 aliphatic heterocycles. The van der Waals surface area contributed by atoms with E-state index in [1.165, 1.54) is 41.8 Å². The molecule has 1 fully saturated rings. The van der Waals surface area contributed by atoms with Crippen LogP contribution in [0.5, 0.6) is 0 Å². The first-order valence-corrected chi connectivity index (χ1v) is 9.12. The quantitative estimate of drug-likeness (QED) is 0.805. The van der Waals surface area contributed by atoms with Gasteiger partial charge in [0.05, 0.1) is 10.2 Å². The van der Waals surface area contributed by atoms with Crippen molar-refractivity contribution in [2.75, 3.05) is 0 Å². The van der Waals surface area contributed by atoms with E-state index in [9.17, 15) is 0 Å². The van der Waals surface area contributed by atoms with Crippen molar-refractivity contribution in [1.29, 1.82) is 0 Å². The molecule has 2 nitrogen and oxygen atoms in total. The third-order valence-corrected chi connectivity index (χ3v) is 5.87. The Balaban J connectivity index is 1.55. The zero-order chi connectivity index (χ0) is 14.7. The molecule has 1 saturated carbocycles. The van der Waals surface area contributed by atoms with Gasteiger partial charge < -0.3 is 5.32 Å². The van der Waals surface area contributed by atoms with Crippen molar-refractivity contribution in [1.82, 2.24) is 10.3 Å². The Bertz CT molecular complexity index is 542. The maximum absolute atomic E-state index is 4.72. The van der Waals surface area contributed by atoms with Gasteiger partial charge in [0, 0.05) is 12.6 Å². The van der Waals surface area contributed by atoms with Gasteiger partial charge in [0.25, 0.3) is 0 Å². The van der Waals surface area contributed by atoms with Gasteiger partial charge in [-0.25, -0.2) is 4.98 Å². The Kier molecular flexibility index (Phi) is 4.91. The number of benzene rings is 1. The van der Waals surface area contributed by atoms with Crippen LogP contribution in [0.4, 0.5) is 0 Å². The summed E-state index contributed by atoms with van der Waals surface area (Å²) in [5, 5.41) is 4.97. The summed E-state index contributed by atoms with van der Waals surface area (Å²) in [6.45, 7) is 5.68. The predicted molar refractivity (Wildman–Crippen MR) is 91.7 cm³/mol. The Morgan fingerprint density at radius 2 is 2.05 bits per heavy atom. The van der Waals surface area contributed by atoms with Crippen molar-refractivity contribution >= 4 is 21.6 Å². The Morgan fingerprint density at radius 1 is 1.19 bits per heavy atom. The Morgan fingerprint density at radius 3 is 2.86 bits per heavy atom. The molecule has 114 valence electrons. The smallest absolute Gasteiger partial charge is 0.108 e. The van der Waals surface area contributed by atoms with Crippen LogP contribution in [-0.2, 0) is 6.54 Å². The molecule has 1 aliphatic rings. The summed E-state index contributed by atoms with van der Waals surface area (Å²) in [6.07, 6.45) is 6.83. The highest BCUT2D eigenvalue weighted by atomic mass is 32.1. The molecule has 0 amide bonds. The van der Waals surface area contributed by atoms with Crippen LogP contribution in [0.1, 0.15) is 51.0 Å². The van der Waals surface area contributed by atoms with Crippen molar-refractivity contribution in [2.45, 2.75) is 58.5 Å². The molecule has 0 bridgehead atoms. The lowest BCUT2D eigenvalue weighted by Crippen LogP contribution is -2.28. The normalized spacial score (nSPS) is 23.6. The van der Waals surface area contributed by atoms with Crippen molar-refractivity contribution in [3.63, 3.8) is 0 Å². The summed E-state index contributed by atoms with van der Waals surface area (Å²) in [6, 6.07) is 9.11. The molecule has 3 heteroatoms. The van der Waals surface area contributed by atoms with Gasteiger partial charge in [-0.1, -0.05) is 38.8 Å². The van der Waals surface area contributed by atoms with E-state index in [-0.39, 0.29) is 0 Å². The molecule has 0 spiro atoms. The highest BCUT2D eigenvalue weighted by Gasteiger charge is 2.20. The number of nitrogens with one attached hydrogen (secondary N) is 1. The standard InChI is InChI=1S/C18H26N2S/c1-13(2)14-6-5-7-15(11-10-14)19-12-18-20-16-8-3-4-9-17(16)21-18/h3-4,8-9,13-15,19H,5-7,10-12H2,1-2H3. The summed E-state index contributed by atoms with van der Waals surface area (Å²) < 4.78 is 1.30. The largest absolute Gasteiger partial charge is 0.308 e. The molecule has 1 heterocycles. The number of nitrogens with zero attached hydrogens (tertiary/aromatic N) is 1. The lowest BCUT2D eigenvalue weighted by Gasteiger charge is -2.18. The van der Waals surface area contributed by atoms with E-state index in [4.69, 9.17) is 4.98 Å². The van der Waals surface area contributed by atoms with Gasteiger partial charge in [0.2, 0.25) is 0 Å². The molecule has 2 atom stereocenters. The van der Waals surface area contributed by atoms with E-state index >= 15 is 0 Å². The first-order chi connectivity index (χ1) is 10.2. The van der Waals surface area contributed by atoms with Gasteiger partial charge in [-0.2, -0.15) is 0 Å². The van der Waals surface area contributed by atoms with Gasteiger partial charge in [-0.05, 0) is 43.2 Å². The second-order valence-corrected chi connectivity index (χ2v) is 7.78. The van der Waals surface area contributed by atoms with Crippen LogP contribution in [0.15, 0.2) is 24.3 Å². The van der Waals surface area contributed by atoms with Crippen LogP contribution in [0.2, 0.25) is 0 Å². The summed E-state index contributed by atoms with van der Waals surface area (Å²) in [4.78, 5) is 4.72. The molecule has 1 aromatic carbocycles. The van der Waals surface area contributed by atoms with Crippen molar-refractivity contribution in [3.05, 3.63) is 29.3 Å². The van der Waals surface area contributed by atoms with Crippen molar-refractivity contribution in [2.24, 2.45) is 11.8 Å². The summed E-state index contributed by atoms with van der Waals surface area (Å²) in [5.74, 6) is 1.77. The average Bonchev–Trinajstić information content (AvgIpc) is 2.74. The van der Waals surface area contributed by atoms with Crippen LogP contribution in [-0.4, -0.2) is 11.0 Å². The Hall–Kier alpha value is -0.930. The molecule has 1 aliphatic carbocycles. The zero-order valence-corrected chi connectivity index (χ0v) is 14.0. The van der Waals surface area contributed by atoms with Gasteiger partial charge in [0.1, 0.15) is 5.01 Å². The van der Waals surface area contributed by atoms with E-state index in [0.29, 0.717) is 6.04 Å². The number of aromatic nitrogens is 1. The van der Waals surface area contributed by atoms with Crippen LogP contribution in [0, 0.1) is 11.8 Å². The van der Waals surface area contributed by atoms with E-state index in [1.807, 2.05) is 11.3 Å². The molecule has 2 aromatic rings. The topological polar surface area (TPSA) is 24.9 Å². The van der Waals surface area contributed by atoms with Crippen LogP contribution in [0.3, 0.4) is 0 Å². The number of thiazole rings is 1. The number of rotatable bonds is 4. The monoisotopic (exact) mass is 302 g/mol. The first kappa shape index (κ1) is 15.0. The molecule has 0 radical (unpaired) electrons.